The summed E-state index contributed by atoms with van der Waals surface area (Å²) < 4.78 is 12.6. The molecule has 8 heteroatoms. The molecule has 2 heterocycles. The maximum absolute atomic E-state index is 12.7. The highest BCUT2D eigenvalue weighted by molar-refractivity contribution is 7.99. The molecule has 3 aromatic rings. The summed E-state index contributed by atoms with van der Waals surface area (Å²) in [6.45, 7) is 0.308. The lowest BCUT2D eigenvalue weighted by atomic mass is 10.0. The van der Waals surface area contributed by atoms with Gasteiger partial charge in [0.05, 0.1) is 43.1 Å². The highest BCUT2D eigenvalue weighted by Gasteiger charge is 2.35. The maximum Gasteiger partial charge on any atom is 0.261 e. The molecule has 1 saturated heterocycles. The number of aliphatic hydroxyl groups is 2. The van der Waals surface area contributed by atoms with Crippen LogP contribution in [0, 0.1) is 0 Å². The summed E-state index contributed by atoms with van der Waals surface area (Å²) in [5.74, 6) is 0.834. The first kappa shape index (κ1) is 25.6. The molecular weight excluding hydrogens is 490 g/mol. The number of imide groups is 1. The van der Waals surface area contributed by atoms with E-state index in [4.69, 9.17) is 14.6 Å². The lowest BCUT2D eigenvalue weighted by Gasteiger charge is -2.36. The molecule has 0 bridgehead atoms. The van der Waals surface area contributed by atoms with Crippen LogP contribution in [-0.4, -0.2) is 51.1 Å². The van der Waals surface area contributed by atoms with Gasteiger partial charge >= 0.3 is 0 Å². The molecule has 0 aromatic heterocycles. The molecule has 2 aliphatic rings. The van der Waals surface area contributed by atoms with Crippen molar-refractivity contribution in [3.05, 3.63) is 106 Å². The second-order valence-electron chi connectivity index (χ2n) is 9.13. The molecule has 2 aliphatic heterocycles. The Labute approximate surface area is 220 Å². The molecule has 192 valence electrons. The quantitative estimate of drug-likeness (QED) is 0.322. The van der Waals surface area contributed by atoms with Crippen LogP contribution in [-0.2, 0) is 22.6 Å². The van der Waals surface area contributed by atoms with Crippen LogP contribution in [0.5, 0.6) is 0 Å². The fourth-order valence-electron chi connectivity index (χ4n) is 4.65. The van der Waals surface area contributed by atoms with Crippen LogP contribution in [0.15, 0.2) is 72.8 Å². The minimum Gasteiger partial charge on any atom is -0.396 e. The third-order valence-corrected chi connectivity index (χ3v) is 7.70. The second-order valence-corrected chi connectivity index (χ2v) is 10.3. The van der Waals surface area contributed by atoms with E-state index < -0.39 is 6.29 Å². The third-order valence-electron chi connectivity index (χ3n) is 6.63. The van der Waals surface area contributed by atoms with Crippen LogP contribution >= 0.6 is 11.8 Å². The normalized spacial score (nSPS) is 21.4. The zero-order chi connectivity index (χ0) is 25.8. The number of benzene rings is 3. The first-order valence-corrected chi connectivity index (χ1v) is 13.5. The van der Waals surface area contributed by atoms with Crippen LogP contribution in [0.3, 0.4) is 0 Å². The number of hydrogen-bond donors (Lipinski definition) is 2. The van der Waals surface area contributed by atoms with Gasteiger partial charge in [0.2, 0.25) is 0 Å². The lowest BCUT2D eigenvalue weighted by Crippen LogP contribution is -2.31. The monoisotopic (exact) mass is 519 g/mol. The van der Waals surface area contributed by atoms with E-state index >= 15 is 0 Å². The number of rotatable bonds is 9. The number of carbonyl (C=O) groups is 2. The number of nitrogens with zero attached hydrogens (tertiary/aromatic N) is 1. The van der Waals surface area contributed by atoms with Gasteiger partial charge in [0, 0.05) is 23.5 Å². The molecule has 3 atom stereocenters. The smallest absolute Gasteiger partial charge is 0.261 e. The Kier molecular flexibility index (Phi) is 8.02. The van der Waals surface area contributed by atoms with Crippen LogP contribution in [0.25, 0.3) is 0 Å². The van der Waals surface area contributed by atoms with Gasteiger partial charge in [-0.05, 0) is 28.8 Å². The van der Waals surface area contributed by atoms with Crippen molar-refractivity contribution in [2.24, 2.45) is 0 Å². The maximum atomic E-state index is 12.7. The van der Waals surface area contributed by atoms with Crippen molar-refractivity contribution >= 4 is 23.6 Å². The van der Waals surface area contributed by atoms with E-state index in [-0.39, 0.29) is 43.8 Å². The molecule has 3 aromatic carbocycles. The van der Waals surface area contributed by atoms with Crippen LogP contribution < -0.4 is 0 Å². The Morgan fingerprint density at radius 2 is 1.43 bits per heavy atom. The standard InChI is InChI=1S/C29H29NO6S/c31-13-14-37-18-23-15-26(21-9-7-20(17-32)8-10-21)36-29(35-23)22-11-5-19(6-12-22)16-30-27(33)24-3-1-2-4-25(24)28(30)34/h1-12,23,26,29,31-32H,13-18H2. The van der Waals surface area contributed by atoms with Gasteiger partial charge in [-0.1, -0.05) is 60.7 Å². The molecule has 1 fully saturated rings. The molecule has 0 spiro atoms. The SMILES string of the molecule is O=C1c2ccccc2C(=O)N1Cc1ccc(C2OC(CSCCO)CC(c3ccc(CO)cc3)O2)cc1. The zero-order valence-electron chi connectivity index (χ0n) is 20.3. The van der Waals surface area contributed by atoms with E-state index in [1.807, 2.05) is 48.5 Å². The van der Waals surface area contributed by atoms with Crippen molar-refractivity contribution in [1.29, 1.82) is 0 Å². The van der Waals surface area contributed by atoms with E-state index in [1.165, 1.54) is 4.90 Å². The largest absolute Gasteiger partial charge is 0.396 e. The predicted molar refractivity (Wildman–Crippen MR) is 140 cm³/mol. The Bertz CT molecular complexity index is 1210. The molecule has 37 heavy (non-hydrogen) atoms. The predicted octanol–water partition coefficient (Wildman–Crippen LogP) is 4.25. The number of amides is 2. The highest BCUT2D eigenvalue weighted by atomic mass is 32.2. The summed E-state index contributed by atoms with van der Waals surface area (Å²) in [5, 5.41) is 18.5. The first-order valence-electron chi connectivity index (χ1n) is 12.3. The van der Waals surface area contributed by atoms with Gasteiger partial charge < -0.3 is 19.7 Å². The van der Waals surface area contributed by atoms with E-state index in [1.54, 1.807) is 36.0 Å². The number of thioether (sulfide) groups is 1. The van der Waals surface area contributed by atoms with Crippen LogP contribution in [0.2, 0.25) is 0 Å². The van der Waals surface area contributed by atoms with Crippen molar-refractivity contribution in [3.63, 3.8) is 0 Å². The summed E-state index contributed by atoms with van der Waals surface area (Å²) in [6, 6.07) is 22.2. The molecule has 5 rings (SSSR count). The first-order chi connectivity index (χ1) is 18.1. The number of ether oxygens (including phenoxy) is 2. The lowest BCUT2D eigenvalue weighted by molar-refractivity contribution is -0.245. The topological polar surface area (TPSA) is 96.3 Å². The number of hydrogen-bond acceptors (Lipinski definition) is 7. The zero-order valence-corrected chi connectivity index (χ0v) is 21.1. The molecular formula is C29H29NO6S. The molecule has 7 nitrogen and oxygen atoms in total. The van der Waals surface area contributed by atoms with Crippen molar-refractivity contribution in [2.45, 2.75) is 38.1 Å². The summed E-state index contributed by atoms with van der Waals surface area (Å²) in [6.07, 6.45) is -0.130. The van der Waals surface area contributed by atoms with Gasteiger partial charge in [-0.3, -0.25) is 14.5 Å². The van der Waals surface area contributed by atoms with E-state index in [0.717, 1.165) is 28.0 Å². The van der Waals surface area contributed by atoms with Crippen LogP contribution in [0.1, 0.15) is 61.8 Å². The van der Waals surface area contributed by atoms with Crippen molar-refractivity contribution in [3.8, 4) is 0 Å². The summed E-state index contributed by atoms with van der Waals surface area (Å²) >= 11 is 1.64. The van der Waals surface area contributed by atoms with Crippen molar-refractivity contribution in [1.82, 2.24) is 4.90 Å². The summed E-state index contributed by atoms with van der Waals surface area (Å²) in [5.41, 5.74) is 4.42. The summed E-state index contributed by atoms with van der Waals surface area (Å²) in [4.78, 5) is 26.7. The Morgan fingerprint density at radius 3 is 2.05 bits per heavy atom. The minimum absolute atomic E-state index is 0.00890. The molecule has 3 unspecified atom stereocenters. The number of fused-ring (bicyclic) bond motifs is 1. The Balaban J connectivity index is 1.30. The van der Waals surface area contributed by atoms with E-state index in [9.17, 15) is 14.7 Å². The Hall–Kier alpha value is -3.01. The molecule has 0 aliphatic carbocycles. The van der Waals surface area contributed by atoms with Gasteiger partial charge in [0.1, 0.15) is 0 Å². The van der Waals surface area contributed by atoms with Crippen molar-refractivity contribution < 1.29 is 29.3 Å². The van der Waals surface area contributed by atoms with Crippen molar-refractivity contribution in [2.75, 3.05) is 18.1 Å². The number of aliphatic hydroxyl groups excluding tert-OH is 2. The molecule has 0 saturated carbocycles. The molecule has 2 N–H and O–H groups in total. The summed E-state index contributed by atoms with van der Waals surface area (Å²) in [7, 11) is 0. The fraction of sp³-hybridized carbons (Fsp3) is 0.310. The molecule has 2 amide bonds. The van der Waals surface area contributed by atoms with E-state index in [0.29, 0.717) is 23.3 Å². The average molecular weight is 520 g/mol. The third kappa shape index (κ3) is 5.63. The van der Waals surface area contributed by atoms with Gasteiger partial charge in [-0.25, -0.2) is 0 Å². The fourth-order valence-corrected chi connectivity index (χ4v) is 5.42. The molecule has 0 radical (unpaired) electrons. The van der Waals surface area contributed by atoms with Gasteiger partial charge in [0.15, 0.2) is 6.29 Å². The average Bonchev–Trinajstić information content (AvgIpc) is 3.18. The second kappa shape index (κ2) is 11.6. The minimum atomic E-state index is -0.579. The number of carbonyl (C=O) groups excluding carboxylic acids is 2. The Morgan fingerprint density at radius 1 is 0.811 bits per heavy atom. The van der Waals surface area contributed by atoms with Crippen LogP contribution in [0.4, 0.5) is 0 Å². The highest BCUT2D eigenvalue weighted by Crippen LogP contribution is 2.39. The van der Waals surface area contributed by atoms with Gasteiger partial charge in [-0.15, -0.1) is 0 Å². The van der Waals surface area contributed by atoms with E-state index in [2.05, 4.69) is 0 Å². The van der Waals surface area contributed by atoms with Gasteiger partial charge in [-0.2, -0.15) is 11.8 Å². The van der Waals surface area contributed by atoms with Gasteiger partial charge in [0.25, 0.3) is 11.8 Å².